The van der Waals surface area contributed by atoms with Crippen LogP contribution in [0.4, 0.5) is 4.79 Å². The normalized spacial score (nSPS) is 10.4. The number of hydrogen-bond donors (Lipinski definition) is 0. The zero-order chi connectivity index (χ0) is 18.2. The van der Waals surface area contributed by atoms with Crippen LogP contribution in [0.2, 0.25) is 0 Å². The highest BCUT2D eigenvalue weighted by Crippen LogP contribution is 2.03. The molecule has 0 aliphatic heterocycles. The first-order chi connectivity index (χ1) is 10.2. The smallest absolute Gasteiger partial charge is 0.0757 e. The molecule has 144 valence electrons. The number of carbonyl (C=O) groups excluding carboxylic acids is 1. The predicted octanol–water partition coefficient (Wildman–Crippen LogP) is 0.494. The van der Waals surface area contributed by atoms with Gasteiger partial charge in [-0.1, -0.05) is 0 Å². The molecule has 0 saturated heterocycles. The summed E-state index contributed by atoms with van der Waals surface area (Å²) in [6.45, 7) is 28.4. The van der Waals surface area contributed by atoms with Gasteiger partial charge in [-0.2, -0.15) is 0 Å². The maximum Gasteiger partial charge on any atom is 0.0757 e. The standard InChI is InChI=1S/2C8H20N.CH2O3.H2O/c2*1-5-9(6-2,7-3)8-4;2-1(3)4;/h2*5-8H2,1-4H3;(H2,2,3,4);1H2/q2*+1;;/p-2. The third kappa shape index (κ3) is 14.5. The van der Waals surface area contributed by atoms with Gasteiger partial charge in [0.1, 0.15) is 0 Å². The summed E-state index contributed by atoms with van der Waals surface area (Å²) < 4.78 is 2.56. The molecular formula is C17H42N2O4. The van der Waals surface area contributed by atoms with Crippen molar-refractivity contribution >= 4 is 6.16 Å². The predicted molar refractivity (Wildman–Crippen MR) is 93.9 cm³/mol. The van der Waals surface area contributed by atoms with Gasteiger partial charge in [0.2, 0.25) is 0 Å². The Bertz CT molecular complexity index is 194. The van der Waals surface area contributed by atoms with Crippen LogP contribution in [0.1, 0.15) is 55.4 Å². The summed E-state index contributed by atoms with van der Waals surface area (Å²) in [5, 5.41) is 16.7. The van der Waals surface area contributed by atoms with Gasteiger partial charge >= 0.3 is 0 Å². The number of carboxylic acid groups (broad SMARTS) is 2. The van der Waals surface area contributed by atoms with E-state index in [2.05, 4.69) is 55.4 Å². The fourth-order valence-electron chi connectivity index (χ4n) is 2.68. The highest BCUT2D eigenvalue weighted by Gasteiger charge is 2.16. The average Bonchev–Trinajstić information content (AvgIpc) is 2.53. The molecule has 6 heteroatoms. The maximum absolute atomic E-state index is 8.33. The van der Waals surface area contributed by atoms with Gasteiger partial charge in [-0.3, -0.25) is 0 Å². The Morgan fingerprint density at radius 1 is 0.565 bits per heavy atom. The first-order valence-electron chi connectivity index (χ1n) is 8.80. The van der Waals surface area contributed by atoms with Crippen LogP contribution in [0.15, 0.2) is 0 Å². The lowest BCUT2D eigenvalue weighted by atomic mass is 10.3. The van der Waals surface area contributed by atoms with E-state index < -0.39 is 6.16 Å². The number of carbonyl (C=O) groups is 1. The van der Waals surface area contributed by atoms with E-state index in [4.69, 9.17) is 15.0 Å². The lowest BCUT2D eigenvalue weighted by Gasteiger charge is -2.34. The van der Waals surface area contributed by atoms with Crippen molar-refractivity contribution in [3.05, 3.63) is 0 Å². The molecule has 6 nitrogen and oxygen atoms in total. The van der Waals surface area contributed by atoms with Gasteiger partial charge < -0.3 is 29.4 Å². The van der Waals surface area contributed by atoms with Gasteiger partial charge in [0, 0.05) is 0 Å². The third-order valence-electron chi connectivity index (χ3n) is 5.37. The molecule has 0 saturated carbocycles. The Labute approximate surface area is 144 Å². The Kier molecular flexibility index (Phi) is 22.9. The number of hydrogen-bond acceptors (Lipinski definition) is 3. The van der Waals surface area contributed by atoms with E-state index in [-0.39, 0.29) is 5.48 Å². The summed E-state index contributed by atoms with van der Waals surface area (Å²) in [5.74, 6) is 0. The lowest BCUT2D eigenvalue weighted by Crippen LogP contribution is -2.47. The quantitative estimate of drug-likeness (QED) is 0.603. The van der Waals surface area contributed by atoms with Crippen LogP contribution < -0.4 is 10.2 Å². The molecule has 0 aromatic rings. The van der Waals surface area contributed by atoms with Crippen LogP contribution in [0.25, 0.3) is 0 Å². The zero-order valence-corrected chi connectivity index (χ0v) is 16.8. The number of nitrogens with zero attached hydrogens (tertiary/aromatic N) is 2. The van der Waals surface area contributed by atoms with Crippen LogP contribution in [-0.4, -0.2) is 73.0 Å². The minimum Gasteiger partial charge on any atom is -0.652 e. The second-order valence-corrected chi connectivity index (χ2v) is 5.46. The van der Waals surface area contributed by atoms with Crippen molar-refractivity contribution < 1.29 is 29.4 Å². The Hall–Kier alpha value is -0.850. The summed E-state index contributed by atoms with van der Waals surface area (Å²) >= 11 is 0. The molecule has 2 N–H and O–H groups in total. The van der Waals surface area contributed by atoms with Crippen molar-refractivity contribution in [2.24, 2.45) is 0 Å². The van der Waals surface area contributed by atoms with Gasteiger partial charge in [-0.15, -0.1) is 0 Å². The van der Waals surface area contributed by atoms with Crippen LogP contribution in [0.3, 0.4) is 0 Å². The van der Waals surface area contributed by atoms with Crippen molar-refractivity contribution in [2.75, 3.05) is 52.4 Å². The van der Waals surface area contributed by atoms with Crippen LogP contribution in [0.5, 0.6) is 0 Å². The monoisotopic (exact) mass is 338 g/mol. The van der Waals surface area contributed by atoms with E-state index in [1.165, 1.54) is 61.3 Å². The van der Waals surface area contributed by atoms with Gasteiger partial charge in [-0.25, -0.2) is 0 Å². The molecule has 0 rings (SSSR count). The molecule has 0 spiro atoms. The molecule has 0 unspecified atom stereocenters. The molecular weight excluding hydrogens is 296 g/mol. The average molecular weight is 339 g/mol. The minimum atomic E-state index is -2.33. The molecule has 0 atom stereocenters. The largest absolute Gasteiger partial charge is 0.652 e. The number of rotatable bonds is 8. The Balaban J connectivity index is -0.000000124. The second-order valence-electron chi connectivity index (χ2n) is 5.46. The SMILES string of the molecule is CC[N+](CC)(CC)CC.CC[N+](CC)(CC)CC.O.O=C([O-])[O-]. The maximum atomic E-state index is 8.33. The molecule has 0 aromatic heterocycles. The highest BCUT2D eigenvalue weighted by atomic mass is 16.6. The lowest BCUT2D eigenvalue weighted by molar-refractivity contribution is -0.921. The summed E-state index contributed by atoms with van der Waals surface area (Å²) in [5.41, 5.74) is 0. The molecule has 0 aromatic carbocycles. The molecule has 0 aliphatic carbocycles. The molecule has 0 aliphatic rings. The summed E-state index contributed by atoms with van der Waals surface area (Å²) in [6, 6.07) is 0. The first-order valence-corrected chi connectivity index (χ1v) is 8.80. The zero-order valence-electron chi connectivity index (χ0n) is 16.8. The molecule has 0 bridgehead atoms. The van der Waals surface area contributed by atoms with E-state index in [9.17, 15) is 0 Å². The third-order valence-corrected chi connectivity index (χ3v) is 5.37. The molecule has 0 fully saturated rings. The highest BCUT2D eigenvalue weighted by molar-refractivity contribution is 5.47. The van der Waals surface area contributed by atoms with Crippen molar-refractivity contribution in [1.29, 1.82) is 0 Å². The van der Waals surface area contributed by atoms with Gasteiger partial charge in [0.25, 0.3) is 0 Å². The summed E-state index contributed by atoms with van der Waals surface area (Å²) in [4.78, 5) is 8.33. The second kappa shape index (κ2) is 17.5. The fraction of sp³-hybridized carbons (Fsp3) is 0.941. The van der Waals surface area contributed by atoms with Gasteiger partial charge in [-0.05, 0) is 61.5 Å². The molecule has 0 heterocycles. The Morgan fingerprint density at radius 2 is 0.652 bits per heavy atom. The first kappa shape index (κ1) is 30.1. The van der Waals surface area contributed by atoms with Gasteiger partial charge in [0.05, 0.1) is 52.4 Å². The van der Waals surface area contributed by atoms with Crippen LogP contribution >= 0.6 is 0 Å². The van der Waals surface area contributed by atoms with E-state index in [1.54, 1.807) is 0 Å². The van der Waals surface area contributed by atoms with E-state index in [0.717, 1.165) is 0 Å². The van der Waals surface area contributed by atoms with Gasteiger partial charge in [0.15, 0.2) is 0 Å². The van der Waals surface area contributed by atoms with E-state index in [1.807, 2.05) is 0 Å². The van der Waals surface area contributed by atoms with Crippen LogP contribution in [-0.2, 0) is 0 Å². The fourth-order valence-corrected chi connectivity index (χ4v) is 2.68. The molecule has 23 heavy (non-hydrogen) atoms. The number of quaternary nitrogens is 2. The van der Waals surface area contributed by atoms with Crippen molar-refractivity contribution in [1.82, 2.24) is 0 Å². The van der Waals surface area contributed by atoms with E-state index >= 15 is 0 Å². The van der Waals surface area contributed by atoms with Crippen molar-refractivity contribution in [3.8, 4) is 0 Å². The summed E-state index contributed by atoms with van der Waals surface area (Å²) in [6.07, 6.45) is -2.33. The van der Waals surface area contributed by atoms with Crippen molar-refractivity contribution in [3.63, 3.8) is 0 Å². The topological polar surface area (TPSA) is 94.7 Å². The Morgan fingerprint density at radius 3 is 0.652 bits per heavy atom. The van der Waals surface area contributed by atoms with Crippen LogP contribution in [0, 0.1) is 0 Å². The minimum absolute atomic E-state index is 0. The van der Waals surface area contributed by atoms with Crippen molar-refractivity contribution in [2.45, 2.75) is 55.4 Å². The summed E-state index contributed by atoms with van der Waals surface area (Å²) in [7, 11) is 0. The molecule has 0 amide bonds. The van der Waals surface area contributed by atoms with E-state index in [0.29, 0.717) is 0 Å². The molecule has 0 radical (unpaired) electrons.